The normalized spacial score (nSPS) is 16.2. The molecule has 0 unspecified atom stereocenters. The topological polar surface area (TPSA) is 55.4 Å². The monoisotopic (exact) mass is 408 g/mol. The highest BCUT2D eigenvalue weighted by atomic mass is 16.3. The molecular formula is C26H24N4O. The molecule has 0 bridgehead atoms. The molecule has 0 N–H and O–H groups in total. The van der Waals surface area contributed by atoms with Gasteiger partial charge in [-0.3, -0.25) is 0 Å². The van der Waals surface area contributed by atoms with E-state index in [1.165, 1.54) is 30.0 Å². The molecule has 6 rings (SSSR count). The second-order valence-corrected chi connectivity index (χ2v) is 8.46. The average molecular weight is 409 g/mol. The molecule has 5 heteroatoms. The molecule has 1 saturated heterocycles. The Kier molecular flexibility index (Phi) is 4.42. The number of likely N-dealkylation sites (tertiary alicyclic amines) is 1. The minimum Gasteiger partial charge on any atom is -0.858 e. The molecule has 0 atom stereocenters. The number of piperidine rings is 1. The third-order valence-electron chi connectivity index (χ3n) is 6.50. The van der Waals surface area contributed by atoms with E-state index in [1.54, 1.807) is 0 Å². The first-order valence-electron chi connectivity index (χ1n) is 11.1. The van der Waals surface area contributed by atoms with Crippen LogP contribution in [0.1, 0.15) is 25.7 Å². The van der Waals surface area contributed by atoms with Crippen molar-refractivity contribution in [2.24, 2.45) is 5.10 Å². The molecule has 5 nitrogen and oxygen atoms in total. The molecule has 4 aromatic rings. The van der Waals surface area contributed by atoms with Gasteiger partial charge in [-0.2, -0.15) is 0 Å². The number of fused-ring (bicyclic) bond motifs is 4. The molecule has 0 amide bonds. The van der Waals surface area contributed by atoms with E-state index in [2.05, 4.69) is 46.4 Å². The molecule has 31 heavy (non-hydrogen) atoms. The molecular weight excluding hydrogens is 384 g/mol. The molecule has 2 heterocycles. The van der Waals surface area contributed by atoms with E-state index in [1.807, 2.05) is 28.9 Å². The number of rotatable bonds is 4. The summed E-state index contributed by atoms with van der Waals surface area (Å²) < 4.78 is 1.84. The van der Waals surface area contributed by atoms with Crippen LogP contribution in [0.3, 0.4) is 0 Å². The van der Waals surface area contributed by atoms with Crippen molar-refractivity contribution >= 4 is 27.7 Å². The van der Waals surface area contributed by atoms with Crippen LogP contribution in [0.5, 0.6) is 0 Å². The van der Waals surface area contributed by atoms with Crippen molar-refractivity contribution in [3.05, 3.63) is 60.7 Å². The smallest absolute Gasteiger partial charge is 0.272 e. The Morgan fingerprint density at radius 3 is 2.55 bits per heavy atom. The van der Waals surface area contributed by atoms with Gasteiger partial charge >= 0.3 is 0 Å². The largest absolute Gasteiger partial charge is 0.858 e. The molecule has 1 fully saturated rings. The maximum atomic E-state index is 13.0. The number of nitrogens with zero attached hydrogens (tertiary/aromatic N) is 4. The van der Waals surface area contributed by atoms with Crippen molar-refractivity contribution in [2.45, 2.75) is 25.7 Å². The maximum Gasteiger partial charge on any atom is 0.272 e. The minimum absolute atomic E-state index is 0.0859. The second kappa shape index (κ2) is 7.43. The zero-order valence-electron chi connectivity index (χ0n) is 17.4. The Hall–Kier alpha value is -3.31. The highest BCUT2D eigenvalue weighted by Gasteiger charge is 2.33. The van der Waals surface area contributed by atoms with E-state index >= 15 is 0 Å². The van der Waals surface area contributed by atoms with Crippen LogP contribution in [0.15, 0.2) is 65.8 Å². The first kappa shape index (κ1) is 18.5. The van der Waals surface area contributed by atoms with Crippen molar-refractivity contribution in [1.29, 1.82) is 0 Å². The van der Waals surface area contributed by atoms with Crippen LogP contribution in [0.2, 0.25) is 0 Å². The molecule has 154 valence electrons. The van der Waals surface area contributed by atoms with Crippen LogP contribution in [0.25, 0.3) is 44.3 Å². The fourth-order valence-corrected chi connectivity index (χ4v) is 5.00. The highest BCUT2D eigenvalue weighted by molar-refractivity contribution is 6.13. The molecule has 0 saturated carbocycles. The number of aromatic nitrogens is 2. The zero-order chi connectivity index (χ0) is 20.8. The Morgan fingerprint density at radius 1 is 0.935 bits per heavy atom. The van der Waals surface area contributed by atoms with Gasteiger partial charge in [0.15, 0.2) is 0 Å². The summed E-state index contributed by atoms with van der Waals surface area (Å²) in [6.45, 7) is 2.96. The summed E-state index contributed by atoms with van der Waals surface area (Å²) in [5.41, 5.74) is 5.72. The lowest BCUT2D eigenvalue weighted by Gasteiger charge is -2.26. The summed E-state index contributed by atoms with van der Waals surface area (Å²) in [4.78, 5) is 7.36. The van der Waals surface area contributed by atoms with Gasteiger partial charge in [0.25, 0.3) is 11.2 Å². The van der Waals surface area contributed by atoms with Crippen LogP contribution in [0.4, 0.5) is 0 Å². The molecule has 3 aromatic carbocycles. The predicted octanol–water partition coefficient (Wildman–Crippen LogP) is 3.72. The van der Waals surface area contributed by atoms with E-state index < -0.39 is 0 Å². The molecule has 2 aliphatic rings. The third kappa shape index (κ3) is 3.08. The van der Waals surface area contributed by atoms with E-state index in [9.17, 15) is 5.11 Å². The Bertz CT molecular complexity index is 1330. The van der Waals surface area contributed by atoms with Gasteiger partial charge < -0.3 is 10.0 Å². The summed E-state index contributed by atoms with van der Waals surface area (Å²) in [6.07, 6.45) is 4.19. The minimum atomic E-state index is -0.0859. The van der Waals surface area contributed by atoms with Crippen LogP contribution in [0, 0.1) is 0 Å². The fourth-order valence-electron chi connectivity index (χ4n) is 5.00. The van der Waals surface area contributed by atoms with E-state index in [0.29, 0.717) is 6.42 Å². The molecule has 1 aliphatic carbocycles. The van der Waals surface area contributed by atoms with E-state index in [4.69, 9.17) is 4.98 Å². The fraction of sp³-hybridized carbons (Fsp3) is 0.269. The van der Waals surface area contributed by atoms with Gasteiger partial charge in [-0.15, -0.1) is 0 Å². The lowest BCUT2D eigenvalue weighted by molar-refractivity contribution is -0.644. The lowest BCUT2D eigenvalue weighted by atomic mass is 10.0. The molecule has 0 radical (unpaired) electrons. The van der Waals surface area contributed by atoms with Crippen molar-refractivity contribution < 1.29 is 9.78 Å². The summed E-state index contributed by atoms with van der Waals surface area (Å²) in [7, 11) is 0. The Labute approximate surface area is 181 Å². The van der Waals surface area contributed by atoms with Crippen molar-refractivity contribution in [2.75, 3.05) is 19.6 Å². The van der Waals surface area contributed by atoms with Crippen molar-refractivity contribution in [3.8, 4) is 22.5 Å². The molecule has 0 spiro atoms. The van der Waals surface area contributed by atoms with Gasteiger partial charge in [-0.05, 0) is 59.6 Å². The first-order valence-corrected chi connectivity index (χ1v) is 11.1. The van der Waals surface area contributed by atoms with E-state index in [0.717, 1.165) is 53.2 Å². The quantitative estimate of drug-likeness (QED) is 0.259. The average Bonchev–Trinajstić information content (AvgIpc) is 3.14. The van der Waals surface area contributed by atoms with Gasteiger partial charge in [0, 0.05) is 29.5 Å². The van der Waals surface area contributed by atoms with E-state index in [-0.39, 0.29) is 5.90 Å². The van der Waals surface area contributed by atoms with Crippen LogP contribution in [-0.4, -0.2) is 35.4 Å². The maximum absolute atomic E-state index is 13.0. The van der Waals surface area contributed by atoms with Gasteiger partial charge in [0.05, 0.1) is 5.56 Å². The van der Waals surface area contributed by atoms with Crippen LogP contribution in [-0.2, 0) is 0 Å². The van der Waals surface area contributed by atoms with Crippen molar-refractivity contribution in [1.82, 2.24) is 9.88 Å². The second-order valence-electron chi connectivity index (χ2n) is 8.46. The summed E-state index contributed by atoms with van der Waals surface area (Å²) in [5.74, 6) is -0.0859. The summed E-state index contributed by atoms with van der Waals surface area (Å²) in [5, 5.41) is 20.0. The number of benzene rings is 3. The summed E-state index contributed by atoms with van der Waals surface area (Å²) >= 11 is 0. The zero-order valence-corrected chi connectivity index (χ0v) is 17.4. The number of para-hydroxylation sites is 2. The molecule has 1 aliphatic heterocycles. The van der Waals surface area contributed by atoms with Gasteiger partial charge in [-0.25, -0.2) is 4.98 Å². The third-order valence-corrected chi connectivity index (χ3v) is 6.50. The number of hydrogen-bond acceptors (Lipinski definition) is 4. The lowest BCUT2D eigenvalue weighted by Crippen LogP contribution is -2.39. The summed E-state index contributed by atoms with van der Waals surface area (Å²) in [6, 6.07) is 20.5. The van der Waals surface area contributed by atoms with Gasteiger partial charge in [0.1, 0.15) is 11.2 Å². The van der Waals surface area contributed by atoms with Crippen LogP contribution >= 0.6 is 0 Å². The Morgan fingerprint density at radius 2 is 1.71 bits per heavy atom. The predicted molar refractivity (Wildman–Crippen MR) is 122 cm³/mol. The number of hydrogen-bond donors (Lipinski definition) is 0. The standard InChI is InChI=1S/C26H24N4O/c31-23(14-17-29-15-4-1-5-16-29)28-30-22-13-3-2-12-21(22)27-25-19-10-6-8-18-9-7-11-20(24(18)19)26(25)30/h2-3,6-13H,1,4-5,14-17H2. The highest BCUT2D eigenvalue weighted by Crippen LogP contribution is 2.44. The van der Waals surface area contributed by atoms with Gasteiger partial charge in [-0.1, -0.05) is 48.9 Å². The first-order chi connectivity index (χ1) is 15.3. The van der Waals surface area contributed by atoms with Crippen molar-refractivity contribution in [3.63, 3.8) is 0 Å². The Balaban J connectivity index is 1.50. The van der Waals surface area contributed by atoms with Gasteiger partial charge in [0.2, 0.25) is 0 Å². The van der Waals surface area contributed by atoms with Crippen LogP contribution < -0.4 is 9.78 Å². The SMILES string of the molecule is [O-]C(CCN1CCCCC1)=N[n+]1c2c(nc3ccccc31)-c1cccc3cccc-2c13. The molecule has 1 aromatic heterocycles.